The molecule has 0 atom stereocenters. The normalized spacial score (nSPS) is 12.2. The number of carbonyl (C=O) groups excluding carboxylic acids is 1. The van der Waals surface area contributed by atoms with Crippen molar-refractivity contribution in [2.75, 3.05) is 25.1 Å². The van der Waals surface area contributed by atoms with Gasteiger partial charge < -0.3 is 28.8 Å². The fourth-order valence-corrected chi connectivity index (χ4v) is 4.96. The molecule has 44 heavy (non-hydrogen) atoms. The van der Waals surface area contributed by atoms with Crippen LogP contribution in [0, 0.1) is 5.82 Å². The molecule has 0 aliphatic carbocycles. The molecule has 224 valence electrons. The average molecular weight is 619 g/mol. The second kappa shape index (κ2) is 11.7. The van der Waals surface area contributed by atoms with Gasteiger partial charge in [0.2, 0.25) is 5.75 Å². The summed E-state index contributed by atoms with van der Waals surface area (Å²) in [4.78, 5) is 43.5. The standard InChI is InChI=1S/C31H24ClFN4O7/c1-3-41-25-15-23-26(28-27(25)42-12-13-43-28)24(10-11-34-23)44-19-8-9-22(21(32)14-19)35-29(38)20-16-36(2)31(40)37(30(20)39)18-6-4-17(33)5-7-18/h4-11,14-16H,3,12-13H2,1-2H3,(H,35,38). The summed E-state index contributed by atoms with van der Waals surface area (Å²) in [6.07, 6.45) is 2.72. The van der Waals surface area contributed by atoms with Gasteiger partial charge in [-0.3, -0.25) is 14.6 Å². The summed E-state index contributed by atoms with van der Waals surface area (Å²) >= 11 is 6.51. The predicted molar refractivity (Wildman–Crippen MR) is 161 cm³/mol. The number of ether oxygens (including phenoxy) is 4. The van der Waals surface area contributed by atoms with Crippen LogP contribution in [-0.4, -0.2) is 39.8 Å². The maximum absolute atomic E-state index is 13.4. The average Bonchev–Trinajstić information content (AvgIpc) is 3.01. The first-order chi connectivity index (χ1) is 21.2. The molecule has 6 rings (SSSR count). The third kappa shape index (κ3) is 5.31. The van der Waals surface area contributed by atoms with E-state index in [9.17, 15) is 18.8 Å². The smallest absolute Gasteiger partial charge is 0.335 e. The number of aryl methyl sites for hydroxylation is 1. The Morgan fingerprint density at radius 1 is 1.05 bits per heavy atom. The first-order valence-electron chi connectivity index (χ1n) is 13.5. The molecule has 1 aliphatic heterocycles. The molecular formula is C31H24ClFN4O7. The summed E-state index contributed by atoms with van der Waals surface area (Å²) in [6, 6.07) is 12.8. The second-order valence-electron chi connectivity index (χ2n) is 9.62. The van der Waals surface area contributed by atoms with Crippen LogP contribution in [0.2, 0.25) is 5.02 Å². The molecule has 13 heteroatoms. The fraction of sp³-hybridized carbons (Fsp3) is 0.161. The van der Waals surface area contributed by atoms with Crippen LogP contribution < -0.4 is 35.5 Å². The van der Waals surface area contributed by atoms with E-state index in [4.69, 9.17) is 30.5 Å². The van der Waals surface area contributed by atoms with Gasteiger partial charge in [-0.15, -0.1) is 0 Å². The maximum atomic E-state index is 13.4. The molecule has 1 aliphatic rings. The van der Waals surface area contributed by atoms with Crippen molar-refractivity contribution >= 4 is 34.1 Å². The number of nitrogens with one attached hydrogen (secondary N) is 1. The molecule has 0 spiro atoms. The van der Waals surface area contributed by atoms with Crippen molar-refractivity contribution in [1.82, 2.24) is 14.1 Å². The molecule has 0 radical (unpaired) electrons. The van der Waals surface area contributed by atoms with Gasteiger partial charge in [-0.05, 0) is 49.4 Å². The number of hydrogen-bond acceptors (Lipinski definition) is 8. The Hall–Kier alpha value is -5.36. The summed E-state index contributed by atoms with van der Waals surface area (Å²) in [5, 5.41) is 3.32. The van der Waals surface area contributed by atoms with Gasteiger partial charge in [0.1, 0.15) is 36.1 Å². The van der Waals surface area contributed by atoms with Gasteiger partial charge in [0, 0.05) is 31.6 Å². The van der Waals surface area contributed by atoms with Gasteiger partial charge in [-0.25, -0.2) is 13.8 Å². The van der Waals surface area contributed by atoms with Crippen LogP contribution in [0.3, 0.4) is 0 Å². The summed E-state index contributed by atoms with van der Waals surface area (Å²) in [5.41, 5.74) is -1.01. The van der Waals surface area contributed by atoms with E-state index in [2.05, 4.69) is 10.3 Å². The van der Waals surface area contributed by atoms with Crippen LogP contribution >= 0.6 is 11.6 Å². The predicted octanol–water partition coefficient (Wildman–Crippen LogP) is 5.09. The molecule has 1 N–H and O–H groups in total. The minimum Gasteiger partial charge on any atom is -0.490 e. The molecule has 0 unspecified atom stereocenters. The summed E-state index contributed by atoms with van der Waals surface area (Å²) in [5.74, 6) is 0.885. The number of carbonyl (C=O) groups is 1. The second-order valence-corrected chi connectivity index (χ2v) is 10.0. The van der Waals surface area contributed by atoms with E-state index in [1.165, 1.54) is 31.3 Å². The number of anilines is 1. The molecule has 0 bridgehead atoms. The van der Waals surface area contributed by atoms with E-state index in [1.807, 2.05) is 6.92 Å². The van der Waals surface area contributed by atoms with Crippen molar-refractivity contribution in [3.8, 4) is 34.4 Å². The molecule has 5 aromatic rings. The number of pyridine rings is 1. The highest BCUT2D eigenvalue weighted by Crippen LogP contribution is 2.48. The number of fused-ring (bicyclic) bond motifs is 3. The van der Waals surface area contributed by atoms with Crippen LogP contribution in [0.5, 0.6) is 28.7 Å². The third-order valence-corrected chi connectivity index (χ3v) is 7.05. The number of amides is 1. The highest BCUT2D eigenvalue weighted by atomic mass is 35.5. The van der Waals surface area contributed by atoms with Crippen molar-refractivity contribution in [3.63, 3.8) is 0 Å². The van der Waals surface area contributed by atoms with Gasteiger partial charge in [-0.1, -0.05) is 11.6 Å². The Morgan fingerprint density at radius 2 is 1.80 bits per heavy atom. The lowest BCUT2D eigenvalue weighted by Gasteiger charge is -2.23. The molecule has 0 saturated heterocycles. The van der Waals surface area contributed by atoms with Crippen molar-refractivity contribution in [2.45, 2.75) is 6.92 Å². The highest BCUT2D eigenvalue weighted by Gasteiger charge is 2.25. The van der Waals surface area contributed by atoms with Crippen molar-refractivity contribution in [2.24, 2.45) is 7.05 Å². The Morgan fingerprint density at radius 3 is 2.52 bits per heavy atom. The Bertz CT molecular complexity index is 2040. The number of benzene rings is 3. The lowest BCUT2D eigenvalue weighted by Crippen LogP contribution is -2.41. The molecule has 0 fully saturated rings. The number of nitrogens with zero attached hydrogens (tertiary/aromatic N) is 3. The van der Waals surface area contributed by atoms with E-state index in [0.717, 1.165) is 27.5 Å². The Balaban J connectivity index is 1.29. The van der Waals surface area contributed by atoms with E-state index in [1.54, 1.807) is 24.4 Å². The van der Waals surface area contributed by atoms with Gasteiger partial charge in [0.25, 0.3) is 11.5 Å². The molecule has 11 nitrogen and oxygen atoms in total. The number of hydrogen-bond donors (Lipinski definition) is 1. The lowest BCUT2D eigenvalue weighted by atomic mass is 10.1. The first kappa shape index (κ1) is 28.7. The van der Waals surface area contributed by atoms with Gasteiger partial charge in [-0.2, -0.15) is 0 Å². The summed E-state index contributed by atoms with van der Waals surface area (Å²) in [7, 11) is 1.40. The molecule has 3 aromatic carbocycles. The van der Waals surface area contributed by atoms with Crippen LogP contribution in [0.15, 0.2) is 76.6 Å². The minimum atomic E-state index is -0.875. The third-order valence-electron chi connectivity index (χ3n) is 6.74. The molecule has 0 saturated carbocycles. The Labute approximate surface area is 254 Å². The van der Waals surface area contributed by atoms with Gasteiger partial charge in [0.05, 0.1) is 33.9 Å². The number of aromatic nitrogens is 3. The van der Waals surface area contributed by atoms with Crippen LogP contribution in [0.25, 0.3) is 16.6 Å². The summed E-state index contributed by atoms with van der Waals surface area (Å²) in [6.45, 7) is 3.02. The van der Waals surface area contributed by atoms with E-state index in [0.29, 0.717) is 59.5 Å². The summed E-state index contributed by atoms with van der Waals surface area (Å²) < 4.78 is 39.0. The zero-order valence-corrected chi connectivity index (χ0v) is 24.2. The molecule has 1 amide bonds. The Kier molecular flexibility index (Phi) is 7.66. The van der Waals surface area contributed by atoms with E-state index in [-0.39, 0.29) is 22.0 Å². The lowest BCUT2D eigenvalue weighted by molar-refractivity contribution is 0.102. The molecule has 2 aromatic heterocycles. The maximum Gasteiger partial charge on any atom is 0.335 e. The fourth-order valence-electron chi connectivity index (χ4n) is 4.74. The monoisotopic (exact) mass is 618 g/mol. The van der Waals surface area contributed by atoms with E-state index < -0.39 is 23.0 Å². The number of halogens is 2. The molecular weight excluding hydrogens is 595 g/mol. The van der Waals surface area contributed by atoms with E-state index >= 15 is 0 Å². The minimum absolute atomic E-state index is 0.113. The zero-order chi connectivity index (χ0) is 31.0. The van der Waals surface area contributed by atoms with Crippen LogP contribution in [-0.2, 0) is 7.05 Å². The van der Waals surface area contributed by atoms with Crippen molar-refractivity contribution in [3.05, 3.63) is 104 Å². The quantitative estimate of drug-likeness (QED) is 0.268. The van der Waals surface area contributed by atoms with Crippen LogP contribution in [0.1, 0.15) is 17.3 Å². The number of rotatable bonds is 7. The van der Waals surface area contributed by atoms with Crippen molar-refractivity contribution in [1.29, 1.82) is 0 Å². The largest absolute Gasteiger partial charge is 0.490 e. The molecule has 3 heterocycles. The van der Waals surface area contributed by atoms with Gasteiger partial charge >= 0.3 is 5.69 Å². The SMILES string of the molecule is CCOc1cc2nccc(Oc3ccc(NC(=O)c4cn(C)c(=O)n(-c5ccc(F)cc5)c4=O)c(Cl)c3)c2c2c1OCCO2. The van der Waals surface area contributed by atoms with Crippen LogP contribution in [0.4, 0.5) is 10.1 Å². The zero-order valence-electron chi connectivity index (χ0n) is 23.4. The highest BCUT2D eigenvalue weighted by molar-refractivity contribution is 6.34. The van der Waals surface area contributed by atoms with Crippen molar-refractivity contribution < 1.29 is 28.1 Å². The topological polar surface area (TPSA) is 123 Å². The first-order valence-corrected chi connectivity index (χ1v) is 13.8. The van der Waals surface area contributed by atoms with Gasteiger partial charge in [0.15, 0.2) is 11.5 Å².